The summed E-state index contributed by atoms with van der Waals surface area (Å²) in [6, 6.07) is 0. The van der Waals surface area contributed by atoms with E-state index in [9.17, 15) is 4.79 Å². The minimum atomic E-state index is -0.757. The van der Waals surface area contributed by atoms with E-state index in [2.05, 4.69) is 6.58 Å². The van der Waals surface area contributed by atoms with Gasteiger partial charge in [-0.1, -0.05) is 6.08 Å². The van der Waals surface area contributed by atoms with Crippen LogP contribution in [0.4, 0.5) is 0 Å². The summed E-state index contributed by atoms with van der Waals surface area (Å²) in [5.74, 6) is -0.757. The lowest BCUT2D eigenvalue weighted by Gasteiger charge is -2.03. The van der Waals surface area contributed by atoms with E-state index in [1.807, 2.05) is 0 Å². The molecule has 2 nitrogen and oxygen atoms in total. The van der Waals surface area contributed by atoms with E-state index in [4.69, 9.17) is 16.7 Å². The molecule has 0 bridgehead atoms. The molecule has 0 aromatic heterocycles. The summed E-state index contributed by atoms with van der Waals surface area (Å²) in [4.78, 5) is 10.1. The molecule has 0 spiro atoms. The first-order valence-electron chi connectivity index (χ1n) is 3.63. The summed E-state index contributed by atoms with van der Waals surface area (Å²) in [6.45, 7) is 3.54. The van der Waals surface area contributed by atoms with Crippen LogP contribution in [0.2, 0.25) is 0 Å². The first kappa shape index (κ1) is 10.5. The molecule has 0 saturated heterocycles. The summed E-state index contributed by atoms with van der Waals surface area (Å²) < 4.78 is 0. The smallest absolute Gasteiger partial charge is 0.303 e. The molecule has 0 amide bonds. The van der Waals surface area contributed by atoms with Crippen LogP contribution < -0.4 is 0 Å². The molecule has 0 aromatic carbocycles. The second-order valence-corrected chi connectivity index (χ2v) is 3.02. The molecule has 64 valence electrons. The molecule has 1 atom stereocenters. The van der Waals surface area contributed by atoms with E-state index in [0.29, 0.717) is 6.42 Å². The molecule has 11 heavy (non-hydrogen) atoms. The largest absolute Gasteiger partial charge is 0.481 e. The van der Waals surface area contributed by atoms with Gasteiger partial charge in [0.1, 0.15) is 0 Å². The number of carboxylic acids is 1. The van der Waals surface area contributed by atoms with Crippen molar-refractivity contribution in [2.45, 2.75) is 31.1 Å². The van der Waals surface area contributed by atoms with Gasteiger partial charge in [-0.3, -0.25) is 4.79 Å². The van der Waals surface area contributed by atoms with Gasteiger partial charge in [-0.2, -0.15) is 0 Å². The maximum absolute atomic E-state index is 10.1. The van der Waals surface area contributed by atoms with Crippen molar-refractivity contribution < 1.29 is 9.90 Å². The minimum Gasteiger partial charge on any atom is -0.481 e. The maximum Gasteiger partial charge on any atom is 0.303 e. The lowest BCUT2D eigenvalue weighted by molar-refractivity contribution is -0.137. The fourth-order valence-corrected chi connectivity index (χ4v) is 1.05. The van der Waals surface area contributed by atoms with E-state index in [-0.39, 0.29) is 11.8 Å². The molecule has 0 rings (SSSR count). The van der Waals surface area contributed by atoms with E-state index in [0.717, 1.165) is 12.8 Å². The van der Waals surface area contributed by atoms with Crippen LogP contribution in [0, 0.1) is 0 Å². The maximum atomic E-state index is 10.1. The molecule has 3 heteroatoms. The highest BCUT2D eigenvalue weighted by Gasteiger charge is 2.03. The Kier molecular flexibility index (Phi) is 5.94. The number of hydrogen-bond donors (Lipinski definition) is 1. The average Bonchev–Trinajstić information content (AvgIpc) is 1.87. The Morgan fingerprint density at radius 3 is 2.82 bits per heavy atom. The third kappa shape index (κ3) is 7.40. The van der Waals surface area contributed by atoms with Crippen LogP contribution in [0.15, 0.2) is 12.7 Å². The van der Waals surface area contributed by atoms with E-state index < -0.39 is 5.97 Å². The molecule has 0 saturated carbocycles. The van der Waals surface area contributed by atoms with Crippen LogP contribution in [0.1, 0.15) is 25.7 Å². The molecular formula is C8H13ClO2. The van der Waals surface area contributed by atoms with Crippen molar-refractivity contribution >= 4 is 17.6 Å². The van der Waals surface area contributed by atoms with Crippen LogP contribution in [0.25, 0.3) is 0 Å². The van der Waals surface area contributed by atoms with Crippen LogP contribution in [0.3, 0.4) is 0 Å². The van der Waals surface area contributed by atoms with Crippen molar-refractivity contribution in [1.82, 2.24) is 0 Å². The fourth-order valence-electron chi connectivity index (χ4n) is 0.773. The Morgan fingerprint density at radius 2 is 2.36 bits per heavy atom. The number of rotatable bonds is 6. The Bertz CT molecular complexity index is 134. The van der Waals surface area contributed by atoms with Crippen LogP contribution in [-0.2, 0) is 4.79 Å². The molecule has 1 unspecified atom stereocenters. The van der Waals surface area contributed by atoms with Gasteiger partial charge < -0.3 is 5.11 Å². The Balaban J connectivity index is 3.23. The van der Waals surface area contributed by atoms with Gasteiger partial charge in [0.05, 0.1) is 0 Å². The number of halogens is 1. The van der Waals surface area contributed by atoms with Crippen LogP contribution >= 0.6 is 11.6 Å². The Hall–Kier alpha value is -0.500. The molecule has 1 N–H and O–H groups in total. The third-order valence-corrected chi connectivity index (χ3v) is 1.73. The number of carbonyl (C=O) groups is 1. The summed E-state index contributed by atoms with van der Waals surface area (Å²) in [7, 11) is 0. The first-order valence-corrected chi connectivity index (χ1v) is 4.07. The van der Waals surface area contributed by atoms with Crippen molar-refractivity contribution in [1.29, 1.82) is 0 Å². The number of hydrogen-bond acceptors (Lipinski definition) is 1. The van der Waals surface area contributed by atoms with Crippen molar-refractivity contribution in [2.24, 2.45) is 0 Å². The zero-order chi connectivity index (χ0) is 8.69. The second kappa shape index (κ2) is 6.23. The predicted molar refractivity (Wildman–Crippen MR) is 45.9 cm³/mol. The topological polar surface area (TPSA) is 37.3 Å². The summed E-state index contributed by atoms with van der Waals surface area (Å²) in [5, 5.41) is 8.34. The van der Waals surface area contributed by atoms with Crippen molar-refractivity contribution in [3.63, 3.8) is 0 Å². The lowest BCUT2D eigenvalue weighted by Crippen LogP contribution is -2.00. The summed E-state index contributed by atoms with van der Waals surface area (Å²) in [5.41, 5.74) is 0. The van der Waals surface area contributed by atoms with E-state index in [1.165, 1.54) is 0 Å². The molecule has 0 fully saturated rings. The highest BCUT2D eigenvalue weighted by molar-refractivity contribution is 6.20. The standard InChI is InChI=1S/C8H13ClO2/c1-2-4-7(9)5-3-6-8(10)11/h2,7H,1,3-6H2,(H,10,11). The van der Waals surface area contributed by atoms with Crippen LogP contribution in [0.5, 0.6) is 0 Å². The van der Waals surface area contributed by atoms with Gasteiger partial charge in [0, 0.05) is 11.8 Å². The Labute approximate surface area is 71.9 Å². The number of alkyl halides is 1. The molecule has 0 heterocycles. The van der Waals surface area contributed by atoms with E-state index in [1.54, 1.807) is 6.08 Å². The highest BCUT2D eigenvalue weighted by atomic mass is 35.5. The highest BCUT2D eigenvalue weighted by Crippen LogP contribution is 2.11. The number of allylic oxidation sites excluding steroid dienone is 1. The van der Waals surface area contributed by atoms with Gasteiger partial charge in [-0.15, -0.1) is 18.2 Å². The SMILES string of the molecule is C=CCC(Cl)CCCC(=O)O. The van der Waals surface area contributed by atoms with Crippen molar-refractivity contribution in [3.8, 4) is 0 Å². The van der Waals surface area contributed by atoms with Gasteiger partial charge >= 0.3 is 5.97 Å². The third-order valence-electron chi connectivity index (χ3n) is 1.33. The lowest BCUT2D eigenvalue weighted by atomic mass is 10.1. The molecule has 0 radical (unpaired) electrons. The second-order valence-electron chi connectivity index (χ2n) is 2.41. The van der Waals surface area contributed by atoms with Crippen LogP contribution in [-0.4, -0.2) is 16.5 Å². The number of aliphatic carboxylic acids is 1. The van der Waals surface area contributed by atoms with Gasteiger partial charge in [0.15, 0.2) is 0 Å². The first-order chi connectivity index (χ1) is 5.16. The molecular weight excluding hydrogens is 164 g/mol. The van der Waals surface area contributed by atoms with Gasteiger partial charge in [-0.25, -0.2) is 0 Å². The Morgan fingerprint density at radius 1 is 1.73 bits per heavy atom. The zero-order valence-electron chi connectivity index (χ0n) is 6.42. The van der Waals surface area contributed by atoms with Gasteiger partial charge in [-0.05, 0) is 19.3 Å². The molecule has 0 aliphatic rings. The molecule has 0 aliphatic heterocycles. The van der Waals surface area contributed by atoms with Crippen molar-refractivity contribution in [2.75, 3.05) is 0 Å². The monoisotopic (exact) mass is 176 g/mol. The van der Waals surface area contributed by atoms with Crippen molar-refractivity contribution in [3.05, 3.63) is 12.7 Å². The number of carboxylic acid groups (broad SMARTS) is 1. The zero-order valence-corrected chi connectivity index (χ0v) is 7.18. The molecule has 0 aliphatic carbocycles. The summed E-state index contributed by atoms with van der Waals surface area (Å²) in [6.07, 6.45) is 4.11. The normalized spacial score (nSPS) is 12.5. The molecule has 0 aromatic rings. The van der Waals surface area contributed by atoms with E-state index >= 15 is 0 Å². The average molecular weight is 177 g/mol. The predicted octanol–water partition coefficient (Wildman–Crippen LogP) is 2.42. The van der Waals surface area contributed by atoms with Gasteiger partial charge in [0.2, 0.25) is 0 Å². The summed E-state index contributed by atoms with van der Waals surface area (Å²) >= 11 is 5.80. The minimum absolute atomic E-state index is 0.0480. The fraction of sp³-hybridized carbons (Fsp3) is 0.625. The quantitative estimate of drug-likeness (QED) is 0.499. The van der Waals surface area contributed by atoms with Gasteiger partial charge in [0.25, 0.3) is 0 Å².